The normalized spacial score (nSPS) is 15.9. The van der Waals surface area contributed by atoms with Gasteiger partial charge in [0.1, 0.15) is 17.5 Å². The third-order valence-electron chi connectivity index (χ3n) is 6.43. The molecule has 3 heterocycles. The highest BCUT2D eigenvalue weighted by atomic mass is 19.1. The first-order chi connectivity index (χ1) is 16.8. The van der Waals surface area contributed by atoms with E-state index in [0.717, 1.165) is 5.56 Å². The van der Waals surface area contributed by atoms with Gasteiger partial charge in [-0.15, -0.1) is 0 Å². The number of halogens is 1. The molecule has 1 aliphatic heterocycles. The molecule has 2 aromatic heterocycles. The van der Waals surface area contributed by atoms with Crippen LogP contribution in [0.2, 0.25) is 0 Å². The van der Waals surface area contributed by atoms with E-state index in [1.54, 1.807) is 24.3 Å². The van der Waals surface area contributed by atoms with E-state index in [0.29, 0.717) is 49.2 Å². The van der Waals surface area contributed by atoms with Gasteiger partial charge in [-0.05, 0) is 42.7 Å². The molecule has 1 fully saturated rings. The summed E-state index contributed by atoms with van der Waals surface area (Å²) in [7, 11) is 0. The third kappa shape index (κ3) is 4.68. The third-order valence-corrected chi connectivity index (χ3v) is 6.43. The van der Waals surface area contributed by atoms with Crippen LogP contribution in [0, 0.1) is 15.9 Å². The predicted octanol–water partition coefficient (Wildman–Crippen LogP) is 2.66. The lowest BCUT2D eigenvalue weighted by atomic mass is 9.91. The summed E-state index contributed by atoms with van der Waals surface area (Å²) in [5.41, 5.74) is 0.613. The van der Waals surface area contributed by atoms with Crippen molar-refractivity contribution in [3.8, 4) is 5.69 Å². The largest absolute Gasteiger partial charge is 0.388 e. The summed E-state index contributed by atoms with van der Waals surface area (Å²) >= 11 is 0. The monoisotopic (exact) mass is 478 g/mol. The number of aliphatic hydroxyl groups is 1. The van der Waals surface area contributed by atoms with Crippen molar-refractivity contribution in [3.63, 3.8) is 0 Å². The van der Waals surface area contributed by atoms with E-state index in [4.69, 9.17) is 0 Å². The molecule has 1 saturated heterocycles. The second-order valence-electron chi connectivity index (χ2n) is 8.87. The molecule has 0 aliphatic carbocycles. The maximum atomic E-state index is 13.2. The molecule has 180 valence electrons. The van der Waals surface area contributed by atoms with Crippen molar-refractivity contribution in [1.29, 1.82) is 0 Å². The van der Waals surface area contributed by atoms with Crippen molar-refractivity contribution in [1.82, 2.24) is 24.2 Å². The van der Waals surface area contributed by atoms with Gasteiger partial charge in [0.05, 0.1) is 29.0 Å². The number of hydrogen-bond acceptors (Lipinski definition) is 7. The van der Waals surface area contributed by atoms with Crippen LogP contribution in [0.3, 0.4) is 0 Å². The highest BCUT2D eigenvalue weighted by Crippen LogP contribution is 2.25. The average Bonchev–Trinajstić information content (AvgIpc) is 3.28. The molecule has 10 nitrogen and oxygen atoms in total. The standard InChI is InChI=1S/C24H23FN6O4/c25-18-3-7-19(8-4-18)30-22-21(13-27-30)23(32)29(16-26-22)15-24(33)9-11-28(12-10-24)14-17-1-5-20(6-2-17)31(34)35/h1-8,13,16,33H,9-12,14-15H2. The van der Waals surface area contributed by atoms with Crippen molar-refractivity contribution in [3.05, 3.63) is 92.9 Å². The van der Waals surface area contributed by atoms with E-state index in [1.165, 1.54) is 46.0 Å². The maximum Gasteiger partial charge on any atom is 0.269 e. The molecule has 0 spiro atoms. The first kappa shape index (κ1) is 22.8. The second kappa shape index (κ2) is 9.01. The van der Waals surface area contributed by atoms with Gasteiger partial charge in [0, 0.05) is 31.8 Å². The second-order valence-corrected chi connectivity index (χ2v) is 8.87. The maximum absolute atomic E-state index is 13.2. The van der Waals surface area contributed by atoms with E-state index >= 15 is 0 Å². The lowest BCUT2D eigenvalue weighted by molar-refractivity contribution is -0.384. The van der Waals surface area contributed by atoms with Crippen LogP contribution in [0.4, 0.5) is 10.1 Å². The Morgan fingerprint density at radius 2 is 1.77 bits per heavy atom. The molecule has 0 amide bonds. The van der Waals surface area contributed by atoms with Gasteiger partial charge >= 0.3 is 0 Å². The fraction of sp³-hybridized carbons (Fsp3) is 0.292. The summed E-state index contributed by atoms with van der Waals surface area (Å²) in [6.45, 7) is 1.99. The summed E-state index contributed by atoms with van der Waals surface area (Å²) in [6.07, 6.45) is 3.79. The summed E-state index contributed by atoms with van der Waals surface area (Å²) in [4.78, 5) is 30.0. The van der Waals surface area contributed by atoms with Crippen molar-refractivity contribution in [2.75, 3.05) is 13.1 Å². The van der Waals surface area contributed by atoms with Crippen LogP contribution >= 0.6 is 0 Å². The fourth-order valence-corrected chi connectivity index (χ4v) is 4.42. The molecule has 4 aromatic rings. The highest BCUT2D eigenvalue weighted by molar-refractivity contribution is 5.74. The van der Waals surface area contributed by atoms with E-state index in [-0.39, 0.29) is 23.6 Å². The molecule has 0 bridgehead atoms. The summed E-state index contributed by atoms with van der Waals surface area (Å²) < 4.78 is 16.1. The molecule has 1 aliphatic rings. The number of fused-ring (bicyclic) bond motifs is 1. The van der Waals surface area contributed by atoms with Crippen LogP contribution in [0.25, 0.3) is 16.7 Å². The molecule has 35 heavy (non-hydrogen) atoms. The van der Waals surface area contributed by atoms with Crippen molar-refractivity contribution >= 4 is 16.7 Å². The molecular weight excluding hydrogens is 455 g/mol. The van der Waals surface area contributed by atoms with Crippen molar-refractivity contribution in [2.24, 2.45) is 0 Å². The Morgan fingerprint density at radius 1 is 1.09 bits per heavy atom. The lowest BCUT2D eigenvalue weighted by Crippen LogP contribution is -2.47. The van der Waals surface area contributed by atoms with E-state index in [9.17, 15) is 24.4 Å². The molecule has 2 aromatic carbocycles. The Balaban J connectivity index is 1.27. The number of nitrogens with zero attached hydrogens (tertiary/aromatic N) is 6. The number of rotatable bonds is 6. The topological polar surface area (TPSA) is 119 Å². The number of aromatic nitrogens is 4. The quantitative estimate of drug-likeness (QED) is 0.334. The smallest absolute Gasteiger partial charge is 0.269 e. The van der Waals surface area contributed by atoms with Gasteiger partial charge in [0.2, 0.25) is 0 Å². The molecule has 0 radical (unpaired) electrons. The van der Waals surface area contributed by atoms with Crippen LogP contribution < -0.4 is 5.56 Å². The van der Waals surface area contributed by atoms with Crippen LogP contribution in [0.15, 0.2) is 65.8 Å². The summed E-state index contributed by atoms with van der Waals surface area (Å²) in [6, 6.07) is 12.2. The number of likely N-dealkylation sites (tertiary alicyclic amines) is 1. The molecular formula is C24H23FN6O4. The minimum Gasteiger partial charge on any atom is -0.388 e. The van der Waals surface area contributed by atoms with Gasteiger partial charge in [0.15, 0.2) is 5.65 Å². The van der Waals surface area contributed by atoms with Gasteiger partial charge in [-0.2, -0.15) is 5.10 Å². The zero-order chi connectivity index (χ0) is 24.6. The number of hydrogen-bond donors (Lipinski definition) is 1. The Morgan fingerprint density at radius 3 is 2.43 bits per heavy atom. The minimum absolute atomic E-state index is 0.0565. The van der Waals surface area contributed by atoms with Gasteiger partial charge in [0.25, 0.3) is 11.2 Å². The van der Waals surface area contributed by atoms with Gasteiger partial charge < -0.3 is 5.11 Å². The number of nitro groups is 1. The Bertz CT molecular complexity index is 1420. The number of nitro benzene ring substituents is 1. The predicted molar refractivity (Wildman–Crippen MR) is 126 cm³/mol. The molecule has 0 atom stereocenters. The van der Waals surface area contributed by atoms with E-state index < -0.39 is 10.5 Å². The average molecular weight is 478 g/mol. The fourth-order valence-electron chi connectivity index (χ4n) is 4.42. The molecule has 0 saturated carbocycles. The van der Waals surface area contributed by atoms with Crippen LogP contribution in [0.5, 0.6) is 0 Å². The zero-order valence-corrected chi connectivity index (χ0v) is 18.7. The first-order valence-corrected chi connectivity index (χ1v) is 11.2. The Kier molecular flexibility index (Phi) is 5.87. The summed E-state index contributed by atoms with van der Waals surface area (Å²) in [5.74, 6) is -0.368. The SMILES string of the molecule is O=c1c2cnn(-c3ccc(F)cc3)c2ncn1CC1(O)CCN(Cc2ccc([N+](=O)[O-])cc2)CC1. The van der Waals surface area contributed by atoms with Crippen molar-refractivity contribution in [2.45, 2.75) is 31.5 Å². The van der Waals surface area contributed by atoms with Gasteiger partial charge in [-0.3, -0.25) is 24.4 Å². The van der Waals surface area contributed by atoms with Crippen LogP contribution in [0.1, 0.15) is 18.4 Å². The van der Waals surface area contributed by atoms with Gasteiger partial charge in [-0.25, -0.2) is 14.1 Å². The zero-order valence-electron chi connectivity index (χ0n) is 18.7. The molecule has 5 rings (SSSR count). The van der Waals surface area contributed by atoms with Crippen molar-refractivity contribution < 1.29 is 14.4 Å². The van der Waals surface area contributed by atoms with E-state index in [1.807, 2.05) is 0 Å². The molecule has 1 N–H and O–H groups in total. The Hall–Kier alpha value is -3.96. The van der Waals surface area contributed by atoms with Crippen LogP contribution in [-0.4, -0.2) is 53.0 Å². The lowest BCUT2D eigenvalue weighted by Gasteiger charge is -2.38. The van der Waals surface area contributed by atoms with Gasteiger partial charge in [-0.1, -0.05) is 12.1 Å². The molecule has 11 heteroatoms. The summed E-state index contributed by atoms with van der Waals surface area (Å²) in [5, 5.41) is 26.5. The molecule has 0 unspecified atom stereocenters. The first-order valence-electron chi connectivity index (χ1n) is 11.2. The highest BCUT2D eigenvalue weighted by Gasteiger charge is 2.33. The number of piperidine rings is 1. The van der Waals surface area contributed by atoms with Crippen LogP contribution in [-0.2, 0) is 13.1 Å². The number of benzene rings is 2. The number of non-ortho nitro benzene ring substituents is 1. The Labute approximate surface area is 199 Å². The van der Waals surface area contributed by atoms with E-state index in [2.05, 4.69) is 15.0 Å². The minimum atomic E-state index is -1.06.